The molecule has 0 saturated carbocycles. The molecule has 10 heteroatoms. The Hall–Kier alpha value is -2.91. The maximum Gasteiger partial charge on any atom is 0.435 e. The van der Waals surface area contributed by atoms with Crippen LogP contribution in [0.4, 0.5) is 13.2 Å². The maximum atomic E-state index is 12.8. The molecule has 0 saturated heterocycles. The smallest absolute Gasteiger partial charge is 0.435 e. The second-order valence-electron chi connectivity index (χ2n) is 4.93. The molecule has 0 unspecified atom stereocenters. The number of aromatic nitrogens is 5. The predicted octanol–water partition coefficient (Wildman–Crippen LogP) is 2.16. The number of carbonyl (C=O) groups is 1. The molecule has 0 aliphatic heterocycles. The van der Waals surface area contributed by atoms with Gasteiger partial charge in [-0.1, -0.05) is 0 Å². The number of halogens is 3. The number of carboxylic acid groups (broad SMARTS) is 1. The molecule has 0 atom stereocenters. The van der Waals surface area contributed by atoms with Gasteiger partial charge in [0, 0.05) is 24.9 Å². The monoisotopic (exact) mass is 325 g/mol. The van der Waals surface area contributed by atoms with Crippen LogP contribution in [0.5, 0.6) is 0 Å². The molecular formula is C13H10F3N5O2. The number of alkyl halides is 3. The van der Waals surface area contributed by atoms with Crippen molar-refractivity contribution in [3.05, 3.63) is 35.4 Å². The third kappa shape index (κ3) is 2.51. The van der Waals surface area contributed by atoms with Gasteiger partial charge in [0.15, 0.2) is 17.0 Å². The lowest BCUT2D eigenvalue weighted by atomic mass is 10.1. The van der Waals surface area contributed by atoms with Gasteiger partial charge in [-0.05, 0) is 13.0 Å². The highest BCUT2D eigenvalue weighted by molar-refractivity contribution is 5.88. The van der Waals surface area contributed by atoms with Gasteiger partial charge in [0.05, 0.1) is 11.4 Å². The van der Waals surface area contributed by atoms with Crippen molar-refractivity contribution in [3.63, 3.8) is 0 Å². The lowest BCUT2D eigenvalue weighted by molar-refractivity contribution is -0.141. The summed E-state index contributed by atoms with van der Waals surface area (Å²) in [5.74, 6) is -1.41. The summed E-state index contributed by atoms with van der Waals surface area (Å²) in [5.41, 5.74) is -0.482. The fourth-order valence-corrected chi connectivity index (χ4v) is 2.25. The van der Waals surface area contributed by atoms with Gasteiger partial charge in [0.2, 0.25) is 0 Å². The highest BCUT2D eigenvalue weighted by Gasteiger charge is 2.35. The average Bonchev–Trinajstić information content (AvgIpc) is 2.99. The van der Waals surface area contributed by atoms with Crippen LogP contribution < -0.4 is 0 Å². The molecule has 0 radical (unpaired) electrons. The highest BCUT2D eigenvalue weighted by atomic mass is 19.4. The van der Waals surface area contributed by atoms with Gasteiger partial charge in [-0.25, -0.2) is 14.3 Å². The molecule has 0 bridgehead atoms. The largest absolute Gasteiger partial charge is 0.477 e. The number of fused-ring (bicyclic) bond motifs is 1. The van der Waals surface area contributed by atoms with E-state index < -0.39 is 23.5 Å². The minimum atomic E-state index is -4.69. The number of nitrogens with zero attached hydrogens (tertiary/aromatic N) is 5. The predicted molar refractivity (Wildman–Crippen MR) is 71.9 cm³/mol. The Labute approximate surface area is 127 Å². The number of rotatable bonds is 2. The van der Waals surface area contributed by atoms with Gasteiger partial charge in [0.1, 0.15) is 0 Å². The summed E-state index contributed by atoms with van der Waals surface area (Å²) < 4.78 is 40.5. The van der Waals surface area contributed by atoms with E-state index in [1.165, 1.54) is 10.7 Å². The van der Waals surface area contributed by atoms with Gasteiger partial charge in [-0.3, -0.25) is 4.68 Å². The van der Waals surface area contributed by atoms with Crippen LogP contribution in [-0.2, 0) is 13.2 Å². The van der Waals surface area contributed by atoms with Crippen LogP contribution in [0.25, 0.3) is 16.9 Å². The third-order valence-electron chi connectivity index (χ3n) is 3.23. The minimum absolute atomic E-state index is 0.199. The Balaban J connectivity index is 2.30. The zero-order valence-electron chi connectivity index (χ0n) is 12.0. The lowest BCUT2D eigenvalue weighted by Crippen LogP contribution is -2.10. The Bertz CT molecular complexity index is 926. The van der Waals surface area contributed by atoms with Crippen molar-refractivity contribution in [2.75, 3.05) is 0 Å². The van der Waals surface area contributed by atoms with E-state index in [9.17, 15) is 23.1 Å². The lowest BCUT2D eigenvalue weighted by Gasteiger charge is -2.04. The molecule has 0 fully saturated rings. The fourth-order valence-electron chi connectivity index (χ4n) is 2.25. The normalized spacial score (nSPS) is 12.0. The summed E-state index contributed by atoms with van der Waals surface area (Å²) in [5, 5.41) is 16.7. The second-order valence-corrected chi connectivity index (χ2v) is 4.93. The van der Waals surface area contributed by atoms with E-state index in [2.05, 4.69) is 15.2 Å². The summed E-state index contributed by atoms with van der Waals surface area (Å²) in [4.78, 5) is 15.4. The van der Waals surface area contributed by atoms with Crippen LogP contribution in [0.2, 0.25) is 0 Å². The van der Waals surface area contributed by atoms with Crippen LogP contribution in [0.1, 0.15) is 21.9 Å². The zero-order valence-corrected chi connectivity index (χ0v) is 12.0. The van der Waals surface area contributed by atoms with E-state index in [1.54, 1.807) is 20.2 Å². The molecule has 0 amide bonds. The molecule has 0 aliphatic carbocycles. The molecular weight excluding hydrogens is 315 g/mol. The molecule has 120 valence electrons. The van der Waals surface area contributed by atoms with Crippen molar-refractivity contribution < 1.29 is 23.1 Å². The molecule has 3 aromatic rings. The molecule has 3 heterocycles. The van der Waals surface area contributed by atoms with E-state index >= 15 is 0 Å². The topological polar surface area (TPSA) is 85.3 Å². The summed E-state index contributed by atoms with van der Waals surface area (Å²) in [6, 6.07) is 1.88. The van der Waals surface area contributed by atoms with Crippen LogP contribution in [-0.4, -0.2) is 35.5 Å². The van der Waals surface area contributed by atoms with Crippen LogP contribution in [0.15, 0.2) is 18.3 Å². The Kier molecular flexibility index (Phi) is 3.13. The molecule has 0 aliphatic rings. The summed E-state index contributed by atoms with van der Waals surface area (Å²) in [6.45, 7) is 1.69. The quantitative estimate of drug-likeness (QED) is 0.780. The van der Waals surface area contributed by atoms with E-state index in [4.69, 9.17) is 0 Å². The Morgan fingerprint density at radius 2 is 1.96 bits per heavy atom. The van der Waals surface area contributed by atoms with Crippen LogP contribution in [0.3, 0.4) is 0 Å². The highest BCUT2D eigenvalue weighted by Crippen LogP contribution is 2.30. The van der Waals surface area contributed by atoms with Gasteiger partial charge < -0.3 is 5.11 Å². The molecule has 3 aromatic heterocycles. The number of aryl methyl sites for hydroxylation is 2. The summed E-state index contributed by atoms with van der Waals surface area (Å²) in [6.07, 6.45) is -3.07. The first-order chi connectivity index (χ1) is 10.7. The molecule has 7 nitrogen and oxygen atoms in total. The van der Waals surface area contributed by atoms with Crippen molar-refractivity contribution in [2.24, 2.45) is 7.05 Å². The van der Waals surface area contributed by atoms with Crippen molar-refractivity contribution in [1.82, 2.24) is 24.4 Å². The van der Waals surface area contributed by atoms with Gasteiger partial charge >= 0.3 is 12.1 Å². The van der Waals surface area contributed by atoms with Gasteiger partial charge in [0.25, 0.3) is 0 Å². The van der Waals surface area contributed by atoms with Gasteiger partial charge in [-0.2, -0.15) is 23.4 Å². The van der Waals surface area contributed by atoms with E-state index in [1.807, 2.05) is 0 Å². The fraction of sp³-hybridized carbons (Fsp3) is 0.231. The molecule has 0 spiro atoms. The minimum Gasteiger partial charge on any atom is -0.477 e. The first-order valence-electron chi connectivity index (χ1n) is 6.39. The molecule has 23 heavy (non-hydrogen) atoms. The number of aromatic carboxylic acids is 1. The number of carboxylic acids is 1. The summed E-state index contributed by atoms with van der Waals surface area (Å²) in [7, 11) is 1.67. The Morgan fingerprint density at radius 3 is 2.48 bits per heavy atom. The first kappa shape index (κ1) is 15.0. The number of hydrogen-bond acceptors (Lipinski definition) is 4. The molecule has 1 N–H and O–H groups in total. The third-order valence-corrected chi connectivity index (χ3v) is 3.23. The summed E-state index contributed by atoms with van der Waals surface area (Å²) >= 11 is 0. The van der Waals surface area contributed by atoms with Crippen molar-refractivity contribution >= 4 is 11.6 Å². The first-order valence-corrected chi connectivity index (χ1v) is 6.39. The second kappa shape index (κ2) is 4.80. The Morgan fingerprint density at radius 1 is 1.26 bits per heavy atom. The van der Waals surface area contributed by atoms with E-state index in [0.29, 0.717) is 21.8 Å². The SMILES string of the molecule is Cc1nn(C)cc1-c1cc(C(=O)O)n2nc(C(F)(F)F)cc2n1. The van der Waals surface area contributed by atoms with Gasteiger partial charge in [-0.15, -0.1) is 0 Å². The zero-order chi connectivity index (χ0) is 16.9. The van der Waals surface area contributed by atoms with Crippen LogP contribution >= 0.6 is 0 Å². The van der Waals surface area contributed by atoms with Crippen molar-refractivity contribution in [2.45, 2.75) is 13.1 Å². The number of hydrogen-bond donors (Lipinski definition) is 1. The van der Waals surface area contributed by atoms with Crippen LogP contribution in [0, 0.1) is 6.92 Å². The molecule has 0 aromatic carbocycles. The maximum absolute atomic E-state index is 12.8. The van der Waals surface area contributed by atoms with Crippen molar-refractivity contribution in [1.29, 1.82) is 0 Å². The van der Waals surface area contributed by atoms with Crippen molar-refractivity contribution in [3.8, 4) is 11.3 Å². The van der Waals surface area contributed by atoms with E-state index in [0.717, 1.165) is 0 Å². The standard InChI is InChI=1S/C13H10F3N5O2/c1-6-7(5-20(2)18-6)8-3-9(12(22)23)21-11(17-8)4-10(19-21)13(14,15)16/h3-5H,1-2H3,(H,22,23). The average molecular weight is 325 g/mol. The molecule has 3 rings (SSSR count). The van der Waals surface area contributed by atoms with E-state index in [-0.39, 0.29) is 11.3 Å².